The third-order valence-electron chi connectivity index (χ3n) is 6.82. The van der Waals surface area contributed by atoms with Crippen LogP contribution in [0, 0.1) is 0 Å². The maximum Gasteiger partial charge on any atom is 0.260 e. The van der Waals surface area contributed by atoms with Crippen LogP contribution in [0.3, 0.4) is 0 Å². The highest BCUT2D eigenvalue weighted by Crippen LogP contribution is 2.41. The van der Waals surface area contributed by atoms with Crippen molar-refractivity contribution in [2.24, 2.45) is 5.73 Å². The normalized spacial score (nSPS) is 18.9. The van der Waals surface area contributed by atoms with Gasteiger partial charge >= 0.3 is 0 Å². The molecule has 11 heteroatoms. The number of hydrogen-bond acceptors (Lipinski definition) is 6. The van der Waals surface area contributed by atoms with Crippen LogP contribution in [0.1, 0.15) is 29.6 Å². The molecule has 2 aliphatic rings. The second-order valence-electron chi connectivity index (χ2n) is 9.24. The molecule has 5 rings (SSSR count). The van der Waals surface area contributed by atoms with Crippen LogP contribution in [0.25, 0.3) is 11.3 Å². The van der Waals surface area contributed by atoms with Crippen molar-refractivity contribution in [3.63, 3.8) is 0 Å². The van der Waals surface area contributed by atoms with Gasteiger partial charge in [-0.3, -0.25) is 4.79 Å². The Morgan fingerprint density at radius 2 is 1.81 bits per heavy atom. The Morgan fingerprint density at radius 3 is 2.43 bits per heavy atom. The molecule has 1 aromatic heterocycles. The topological polar surface area (TPSA) is 94.6 Å². The van der Waals surface area contributed by atoms with Crippen LogP contribution in [0.4, 0.5) is 14.6 Å². The summed E-state index contributed by atoms with van der Waals surface area (Å²) in [6.07, 6.45) is -2.11. The van der Waals surface area contributed by atoms with Gasteiger partial charge in [0.2, 0.25) is 5.91 Å². The van der Waals surface area contributed by atoms with Crippen LogP contribution < -0.4 is 20.5 Å². The van der Waals surface area contributed by atoms with E-state index in [1.165, 1.54) is 4.68 Å². The van der Waals surface area contributed by atoms with Crippen LogP contribution in [-0.2, 0) is 11.2 Å². The Kier molecular flexibility index (Phi) is 7.89. The number of alkyl halides is 2. The average molecular weight is 534 g/mol. The van der Waals surface area contributed by atoms with Gasteiger partial charge in [0.05, 0.1) is 32.4 Å². The SMILES string of the molecule is COc1ccc(C2CC(C(F)F)n3nc(-c4ccc(CC(=O)N5CC(N)C5)cc4)cc3N2)cc1OC.Cl. The van der Waals surface area contributed by atoms with Gasteiger partial charge in [0.1, 0.15) is 11.9 Å². The van der Waals surface area contributed by atoms with Crippen molar-refractivity contribution in [3.05, 3.63) is 59.7 Å². The third kappa shape index (κ3) is 5.35. The number of rotatable bonds is 7. The van der Waals surface area contributed by atoms with Crippen molar-refractivity contribution in [1.82, 2.24) is 14.7 Å². The summed E-state index contributed by atoms with van der Waals surface area (Å²) in [6, 6.07) is 13.3. The Morgan fingerprint density at radius 1 is 1.11 bits per heavy atom. The van der Waals surface area contributed by atoms with Crippen LogP contribution in [0.5, 0.6) is 11.5 Å². The molecule has 3 N–H and O–H groups in total. The van der Waals surface area contributed by atoms with E-state index in [4.69, 9.17) is 15.2 Å². The lowest BCUT2D eigenvalue weighted by molar-refractivity contribution is -0.134. The number of fused-ring (bicyclic) bond motifs is 1. The van der Waals surface area contributed by atoms with Gasteiger partial charge in [-0.2, -0.15) is 5.10 Å². The van der Waals surface area contributed by atoms with Gasteiger partial charge in [-0.1, -0.05) is 30.3 Å². The molecule has 1 fully saturated rings. The lowest BCUT2D eigenvalue weighted by atomic mass is 9.97. The van der Waals surface area contributed by atoms with Gasteiger partial charge in [-0.05, 0) is 29.7 Å². The molecule has 198 valence electrons. The second kappa shape index (κ2) is 10.9. The van der Waals surface area contributed by atoms with Crippen LogP contribution >= 0.6 is 12.4 Å². The zero-order valence-corrected chi connectivity index (χ0v) is 21.4. The number of halogens is 3. The van der Waals surface area contributed by atoms with E-state index >= 15 is 0 Å². The van der Waals surface area contributed by atoms with Crippen molar-refractivity contribution in [2.45, 2.75) is 37.4 Å². The lowest BCUT2D eigenvalue weighted by Crippen LogP contribution is -2.58. The molecule has 8 nitrogen and oxygen atoms in total. The Labute approximate surface area is 220 Å². The van der Waals surface area contributed by atoms with Crippen molar-refractivity contribution in [1.29, 1.82) is 0 Å². The van der Waals surface area contributed by atoms with E-state index in [1.807, 2.05) is 30.3 Å². The molecule has 2 aromatic carbocycles. The first-order valence-electron chi connectivity index (χ1n) is 11.8. The van der Waals surface area contributed by atoms with Gasteiger partial charge in [0.15, 0.2) is 11.5 Å². The summed E-state index contributed by atoms with van der Waals surface area (Å²) in [5.41, 5.74) is 8.83. The predicted octanol–water partition coefficient (Wildman–Crippen LogP) is 4.06. The van der Waals surface area contributed by atoms with E-state index in [2.05, 4.69) is 10.4 Å². The smallest absolute Gasteiger partial charge is 0.260 e. The quantitative estimate of drug-likeness (QED) is 0.475. The van der Waals surface area contributed by atoms with Gasteiger partial charge < -0.3 is 25.4 Å². The number of likely N-dealkylation sites (tertiary alicyclic amines) is 1. The number of ether oxygens (including phenoxy) is 2. The van der Waals surface area contributed by atoms with E-state index in [9.17, 15) is 13.6 Å². The highest BCUT2D eigenvalue weighted by atomic mass is 35.5. The van der Waals surface area contributed by atoms with Crippen molar-refractivity contribution in [3.8, 4) is 22.8 Å². The number of amides is 1. The first-order chi connectivity index (χ1) is 17.4. The molecule has 1 saturated heterocycles. The number of anilines is 1. The molecule has 37 heavy (non-hydrogen) atoms. The van der Waals surface area contributed by atoms with E-state index in [0.29, 0.717) is 42.5 Å². The molecule has 0 aliphatic carbocycles. The number of methoxy groups -OCH3 is 2. The molecule has 3 heterocycles. The van der Waals surface area contributed by atoms with Crippen LogP contribution in [-0.4, -0.2) is 60.4 Å². The predicted molar refractivity (Wildman–Crippen MR) is 139 cm³/mol. The minimum atomic E-state index is -2.58. The summed E-state index contributed by atoms with van der Waals surface area (Å²) in [5, 5.41) is 7.86. The van der Waals surface area contributed by atoms with E-state index < -0.39 is 12.5 Å². The van der Waals surface area contributed by atoms with E-state index in [1.54, 1.807) is 37.3 Å². The number of nitrogens with one attached hydrogen (secondary N) is 1. The maximum atomic E-state index is 14.1. The molecule has 0 radical (unpaired) electrons. The molecule has 0 spiro atoms. The molecular formula is C26H30ClF2N5O3. The molecule has 0 saturated carbocycles. The molecule has 3 aromatic rings. The van der Waals surface area contributed by atoms with Gasteiger partial charge in [-0.15, -0.1) is 12.4 Å². The molecular weight excluding hydrogens is 504 g/mol. The number of hydrogen-bond donors (Lipinski definition) is 2. The zero-order valence-electron chi connectivity index (χ0n) is 20.6. The Balaban J connectivity index is 0.00000320. The van der Waals surface area contributed by atoms with Crippen molar-refractivity contribution >= 4 is 24.1 Å². The fraction of sp³-hybridized carbons (Fsp3) is 0.385. The number of aromatic nitrogens is 2. The Bertz CT molecular complexity index is 1250. The molecule has 2 aliphatic heterocycles. The second-order valence-corrected chi connectivity index (χ2v) is 9.24. The molecule has 1 amide bonds. The standard InChI is InChI=1S/C26H29F2N5O3.ClH/c1-35-22-8-7-17(10-23(22)36-2)19-11-21(26(27)28)33-24(30-19)12-20(31-33)16-5-3-15(4-6-16)9-25(34)32-13-18(29)14-32;/h3-8,10,12,18-19,21,26,30H,9,11,13-14,29H2,1-2H3;1H. The van der Waals surface area contributed by atoms with E-state index in [-0.39, 0.29) is 36.8 Å². The summed E-state index contributed by atoms with van der Waals surface area (Å²) in [7, 11) is 3.09. The minimum Gasteiger partial charge on any atom is -0.493 e. The largest absolute Gasteiger partial charge is 0.493 e. The molecule has 0 bridgehead atoms. The van der Waals surface area contributed by atoms with Crippen LogP contribution in [0.2, 0.25) is 0 Å². The van der Waals surface area contributed by atoms with Crippen LogP contribution in [0.15, 0.2) is 48.5 Å². The highest BCUT2D eigenvalue weighted by Gasteiger charge is 2.35. The number of benzene rings is 2. The van der Waals surface area contributed by atoms with Gasteiger partial charge in [-0.25, -0.2) is 13.5 Å². The summed E-state index contributed by atoms with van der Waals surface area (Å²) in [6.45, 7) is 1.19. The lowest BCUT2D eigenvalue weighted by Gasteiger charge is -2.36. The molecule has 2 unspecified atom stereocenters. The number of carbonyl (C=O) groups excluding carboxylic acids is 1. The minimum absolute atomic E-state index is 0. The fourth-order valence-electron chi connectivity index (χ4n) is 4.77. The number of nitrogens with two attached hydrogens (primary N) is 1. The monoisotopic (exact) mass is 533 g/mol. The summed E-state index contributed by atoms with van der Waals surface area (Å²) >= 11 is 0. The van der Waals surface area contributed by atoms with Crippen molar-refractivity contribution < 1.29 is 23.0 Å². The van der Waals surface area contributed by atoms with Gasteiger partial charge in [0.25, 0.3) is 6.43 Å². The maximum absolute atomic E-state index is 14.1. The van der Waals surface area contributed by atoms with E-state index in [0.717, 1.165) is 16.7 Å². The first-order valence-corrected chi connectivity index (χ1v) is 11.8. The van der Waals surface area contributed by atoms with Crippen molar-refractivity contribution in [2.75, 3.05) is 32.6 Å². The summed E-state index contributed by atoms with van der Waals surface area (Å²) in [4.78, 5) is 14.1. The summed E-state index contributed by atoms with van der Waals surface area (Å²) in [5.74, 6) is 1.69. The zero-order chi connectivity index (χ0) is 25.4. The van der Waals surface area contributed by atoms with Gasteiger partial charge in [0, 0.05) is 30.8 Å². The number of carbonyl (C=O) groups is 1. The fourth-order valence-corrected chi connectivity index (χ4v) is 4.77. The first kappa shape index (κ1) is 26.7. The highest BCUT2D eigenvalue weighted by molar-refractivity contribution is 5.85. The third-order valence-corrected chi connectivity index (χ3v) is 6.82. The molecule has 2 atom stereocenters. The number of nitrogens with zero attached hydrogens (tertiary/aromatic N) is 3. The Hall–Kier alpha value is -3.37. The summed E-state index contributed by atoms with van der Waals surface area (Å²) < 4.78 is 40.2. The average Bonchev–Trinajstić information content (AvgIpc) is 3.30.